The Labute approximate surface area is 98.1 Å². The minimum Gasteiger partial charge on any atom is -0.351 e. The second-order valence-electron chi connectivity index (χ2n) is 2.57. The van der Waals surface area contributed by atoms with Gasteiger partial charge in [0.25, 0.3) is 5.91 Å². The summed E-state index contributed by atoms with van der Waals surface area (Å²) >= 11 is 6.34. The van der Waals surface area contributed by atoms with Crippen LogP contribution in [0, 0.1) is 5.82 Å². The fourth-order valence-electron chi connectivity index (χ4n) is 0.928. The van der Waals surface area contributed by atoms with E-state index in [-0.39, 0.29) is 5.56 Å². The zero-order valence-electron chi connectivity index (χ0n) is 7.19. The third-order valence-electron chi connectivity index (χ3n) is 1.55. The van der Waals surface area contributed by atoms with Crippen molar-refractivity contribution < 1.29 is 9.18 Å². The van der Waals surface area contributed by atoms with Crippen molar-refractivity contribution in [2.75, 3.05) is 11.9 Å². The molecule has 5 heteroatoms. The Morgan fingerprint density at radius 2 is 2.21 bits per heavy atom. The van der Waals surface area contributed by atoms with Gasteiger partial charge in [-0.05, 0) is 18.2 Å². The van der Waals surface area contributed by atoms with E-state index in [1.54, 1.807) is 6.07 Å². The maximum atomic E-state index is 13.2. The zero-order valence-corrected chi connectivity index (χ0v) is 10.4. The van der Waals surface area contributed by atoms with Crippen LogP contribution in [-0.4, -0.2) is 17.8 Å². The van der Waals surface area contributed by atoms with Crippen molar-refractivity contribution in [1.29, 1.82) is 0 Å². The Morgan fingerprint density at radius 3 is 2.86 bits per heavy atom. The summed E-state index contributed by atoms with van der Waals surface area (Å²) in [5.74, 6) is -0.913. The molecule has 0 saturated carbocycles. The fraction of sp³-hybridized carbons (Fsp3) is 0.222. The minimum atomic E-state index is -0.514. The van der Waals surface area contributed by atoms with Crippen LogP contribution < -0.4 is 5.32 Å². The first-order valence-corrected chi connectivity index (χ1v) is 5.86. The van der Waals surface area contributed by atoms with E-state index in [0.29, 0.717) is 16.3 Å². The van der Waals surface area contributed by atoms with Crippen LogP contribution in [0.3, 0.4) is 0 Å². The largest absolute Gasteiger partial charge is 0.351 e. The second kappa shape index (κ2) is 5.46. The van der Waals surface area contributed by atoms with E-state index < -0.39 is 11.7 Å². The molecule has 0 radical (unpaired) electrons. The van der Waals surface area contributed by atoms with Gasteiger partial charge in [-0.25, -0.2) is 4.39 Å². The van der Waals surface area contributed by atoms with Gasteiger partial charge in [-0.1, -0.05) is 31.9 Å². The SMILES string of the molecule is O=C(NCCBr)c1cc(Br)ccc1F. The molecule has 0 atom stereocenters. The molecule has 1 amide bonds. The van der Waals surface area contributed by atoms with E-state index in [9.17, 15) is 9.18 Å². The van der Waals surface area contributed by atoms with Gasteiger partial charge in [0.1, 0.15) is 5.82 Å². The first kappa shape index (κ1) is 11.7. The van der Waals surface area contributed by atoms with Gasteiger partial charge in [0.15, 0.2) is 0 Å². The number of carbonyl (C=O) groups is 1. The highest BCUT2D eigenvalue weighted by Crippen LogP contribution is 2.15. The van der Waals surface area contributed by atoms with Crippen molar-refractivity contribution >= 4 is 37.8 Å². The molecule has 0 aromatic heterocycles. The van der Waals surface area contributed by atoms with Gasteiger partial charge in [-0.2, -0.15) is 0 Å². The first-order chi connectivity index (χ1) is 6.65. The number of rotatable bonds is 3. The monoisotopic (exact) mass is 323 g/mol. The van der Waals surface area contributed by atoms with Gasteiger partial charge in [0.2, 0.25) is 0 Å². The molecule has 2 nitrogen and oxygen atoms in total. The fourth-order valence-corrected chi connectivity index (χ4v) is 1.49. The second-order valence-corrected chi connectivity index (χ2v) is 4.28. The van der Waals surface area contributed by atoms with E-state index >= 15 is 0 Å². The average Bonchev–Trinajstić information content (AvgIpc) is 2.18. The standard InChI is InChI=1S/C9H8Br2FNO/c10-3-4-13-9(14)7-5-6(11)1-2-8(7)12/h1-2,5H,3-4H2,(H,13,14). The number of carbonyl (C=O) groups excluding carboxylic acids is 1. The van der Waals surface area contributed by atoms with E-state index in [4.69, 9.17) is 0 Å². The minimum absolute atomic E-state index is 0.0559. The molecule has 0 unspecified atom stereocenters. The molecular formula is C9H8Br2FNO. The summed E-state index contributed by atoms with van der Waals surface area (Å²) in [4.78, 5) is 11.4. The van der Waals surface area contributed by atoms with Crippen LogP contribution >= 0.6 is 31.9 Å². The van der Waals surface area contributed by atoms with Crippen LogP contribution in [0.15, 0.2) is 22.7 Å². The van der Waals surface area contributed by atoms with E-state index in [2.05, 4.69) is 37.2 Å². The lowest BCUT2D eigenvalue weighted by Crippen LogP contribution is -2.26. The van der Waals surface area contributed by atoms with Crippen LogP contribution in [-0.2, 0) is 0 Å². The van der Waals surface area contributed by atoms with Gasteiger partial charge >= 0.3 is 0 Å². The molecular weight excluding hydrogens is 317 g/mol. The van der Waals surface area contributed by atoms with Crippen molar-refractivity contribution in [3.8, 4) is 0 Å². The summed E-state index contributed by atoms with van der Waals surface area (Å²) in [6.45, 7) is 0.477. The van der Waals surface area contributed by atoms with E-state index in [1.165, 1.54) is 12.1 Å². The van der Waals surface area contributed by atoms with Crippen LogP contribution in [0.2, 0.25) is 0 Å². The molecule has 0 aliphatic heterocycles. The summed E-state index contributed by atoms with van der Waals surface area (Å²) in [6, 6.07) is 4.27. The lowest BCUT2D eigenvalue weighted by atomic mass is 10.2. The molecule has 0 spiro atoms. The smallest absolute Gasteiger partial charge is 0.254 e. The third kappa shape index (κ3) is 3.06. The molecule has 1 rings (SSSR count). The Bertz CT molecular complexity index is 344. The summed E-state index contributed by atoms with van der Waals surface area (Å²) in [5.41, 5.74) is 0.0559. The first-order valence-electron chi connectivity index (χ1n) is 3.94. The molecule has 0 aliphatic carbocycles. The predicted molar refractivity (Wildman–Crippen MR) is 60.2 cm³/mol. The van der Waals surface area contributed by atoms with E-state index in [1.807, 2.05) is 0 Å². The molecule has 0 aliphatic rings. The van der Waals surface area contributed by atoms with Crippen molar-refractivity contribution in [1.82, 2.24) is 5.32 Å². The average molecular weight is 325 g/mol. The number of hydrogen-bond acceptors (Lipinski definition) is 1. The molecule has 14 heavy (non-hydrogen) atoms. The summed E-state index contributed by atoms with van der Waals surface area (Å²) in [5, 5.41) is 3.22. The Hall–Kier alpha value is -0.420. The van der Waals surface area contributed by atoms with Gasteiger partial charge in [-0.3, -0.25) is 4.79 Å². The van der Waals surface area contributed by atoms with Crippen molar-refractivity contribution in [2.45, 2.75) is 0 Å². The Morgan fingerprint density at radius 1 is 1.50 bits per heavy atom. The van der Waals surface area contributed by atoms with E-state index in [0.717, 1.165) is 0 Å². The normalized spacial score (nSPS) is 9.93. The van der Waals surface area contributed by atoms with Crippen molar-refractivity contribution in [3.63, 3.8) is 0 Å². The molecule has 0 saturated heterocycles. The number of amides is 1. The van der Waals surface area contributed by atoms with Crippen molar-refractivity contribution in [3.05, 3.63) is 34.1 Å². The van der Waals surface area contributed by atoms with Crippen LogP contribution in [0.5, 0.6) is 0 Å². The molecule has 76 valence electrons. The maximum absolute atomic E-state index is 13.2. The molecule has 1 N–H and O–H groups in total. The van der Waals surface area contributed by atoms with Gasteiger partial charge in [0.05, 0.1) is 5.56 Å². The Kier molecular flexibility index (Phi) is 4.54. The molecule has 0 fully saturated rings. The highest BCUT2D eigenvalue weighted by Gasteiger charge is 2.10. The lowest BCUT2D eigenvalue weighted by molar-refractivity contribution is 0.0952. The highest BCUT2D eigenvalue weighted by atomic mass is 79.9. The topological polar surface area (TPSA) is 29.1 Å². The number of hydrogen-bond donors (Lipinski definition) is 1. The zero-order chi connectivity index (χ0) is 10.6. The summed E-state index contributed by atoms with van der Waals surface area (Å²) in [6.07, 6.45) is 0. The number of benzene rings is 1. The third-order valence-corrected chi connectivity index (χ3v) is 2.44. The van der Waals surface area contributed by atoms with Crippen LogP contribution in [0.1, 0.15) is 10.4 Å². The van der Waals surface area contributed by atoms with Gasteiger partial charge in [-0.15, -0.1) is 0 Å². The summed E-state index contributed by atoms with van der Waals surface area (Å²) in [7, 11) is 0. The highest BCUT2D eigenvalue weighted by molar-refractivity contribution is 9.10. The van der Waals surface area contributed by atoms with Gasteiger partial charge < -0.3 is 5.32 Å². The predicted octanol–water partition coefficient (Wildman–Crippen LogP) is 2.71. The number of halogens is 3. The quantitative estimate of drug-likeness (QED) is 0.851. The number of nitrogens with one attached hydrogen (secondary N) is 1. The van der Waals surface area contributed by atoms with Crippen LogP contribution in [0.4, 0.5) is 4.39 Å². The van der Waals surface area contributed by atoms with Gasteiger partial charge in [0, 0.05) is 16.3 Å². The molecule has 0 heterocycles. The maximum Gasteiger partial charge on any atom is 0.254 e. The molecule has 1 aromatic carbocycles. The molecule has 1 aromatic rings. The van der Waals surface area contributed by atoms with Crippen molar-refractivity contribution in [2.24, 2.45) is 0 Å². The lowest BCUT2D eigenvalue weighted by Gasteiger charge is -2.04. The van der Waals surface area contributed by atoms with Crippen LogP contribution in [0.25, 0.3) is 0 Å². The summed E-state index contributed by atoms with van der Waals surface area (Å²) < 4.78 is 13.8. The molecule has 0 bridgehead atoms. The Balaban J connectivity index is 2.83. The number of alkyl halides is 1.